The molecule has 2 nitrogen and oxygen atoms in total. The minimum absolute atomic E-state index is 0.293. The SMILES string of the molecule is CC(CC=O)CCCO[Si](C)(C)C(C)(C)C. The van der Waals surface area contributed by atoms with Gasteiger partial charge in [0.25, 0.3) is 0 Å². The fourth-order valence-electron chi connectivity index (χ4n) is 1.26. The number of hydrogen-bond acceptors (Lipinski definition) is 2. The van der Waals surface area contributed by atoms with Crippen LogP contribution in [0.5, 0.6) is 0 Å². The summed E-state index contributed by atoms with van der Waals surface area (Å²) in [7, 11) is -1.56. The fourth-order valence-corrected chi connectivity index (χ4v) is 2.35. The van der Waals surface area contributed by atoms with E-state index in [1.807, 2.05) is 0 Å². The zero-order valence-electron chi connectivity index (χ0n) is 11.8. The number of carbonyl (C=O) groups is 1. The predicted molar refractivity (Wildman–Crippen MR) is 72.2 cm³/mol. The van der Waals surface area contributed by atoms with Gasteiger partial charge in [0, 0.05) is 13.0 Å². The lowest BCUT2D eigenvalue weighted by atomic mass is 10.0. The summed E-state index contributed by atoms with van der Waals surface area (Å²) < 4.78 is 6.07. The van der Waals surface area contributed by atoms with E-state index in [0.717, 1.165) is 25.7 Å². The van der Waals surface area contributed by atoms with Crippen LogP contribution in [0.2, 0.25) is 18.1 Å². The van der Waals surface area contributed by atoms with Crippen LogP contribution in [0.15, 0.2) is 0 Å². The van der Waals surface area contributed by atoms with E-state index in [9.17, 15) is 4.79 Å². The molecule has 0 aliphatic heterocycles. The van der Waals surface area contributed by atoms with Gasteiger partial charge in [0.05, 0.1) is 0 Å². The maximum atomic E-state index is 10.3. The Labute approximate surface area is 102 Å². The third kappa shape index (κ3) is 5.80. The molecular formula is C13H28O2Si. The highest BCUT2D eigenvalue weighted by Gasteiger charge is 2.36. The van der Waals surface area contributed by atoms with Crippen LogP contribution in [0, 0.1) is 5.92 Å². The van der Waals surface area contributed by atoms with Crippen molar-refractivity contribution >= 4 is 14.6 Å². The maximum Gasteiger partial charge on any atom is 0.191 e. The molecule has 0 spiro atoms. The van der Waals surface area contributed by atoms with Crippen LogP contribution in [0.4, 0.5) is 0 Å². The molecule has 0 amide bonds. The first-order valence-electron chi connectivity index (χ1n) is 6.28. The first-order valence-corrected chi connectivity index (χ1v) is 9.19. The average molecular weight is 244 g/mol. The van der Waals surface area contributed by atoms with Gasteiger partial charge in [-0.15, -0.1) is 0 Å². The van der Waals surface area contributed by atoms with Crippen molar-refractivity contribution in [2.75, 3.05) is 6.61 Å². The van der Waals surface area contributed by atoms with Crippen LogP contribution in [-0.4, -0.2) is 21.2 Å². The summed E-state index contributed by atoms with van der Waals surface area (Å²) in [4.78, 5) is 10.3. The largest absolute Gasteiger partial charge is 0.417 e. The van der Waals surface area contributed by atoms with Gasteiger partial charge >= 0.3 is 0 Å². The number of carbonyl (C=O) groups excluding carboxylic acids is 1. The van der Waals surface area contributed by atoms with Crippen molar-refractivity contribution in [3.05, 3.63) is 0 Å². The van der Waals surface area contributed by atoms with E-state index in [4.69, 9.17) is 4.43 Å². The first-order chi connectivity index (χ1) is 7.20. The Morgan fingerprint density at radius 1 is 1.31 bits per heavy atom. The van der Waals surface area contributed by atoms with Gasteiger partial charge < -0.3 is 9.22 Å². The molecular weight excluding hydrogens is 216 g/mol. The summed E-state index contributed by atoms with van der Waals surface area (Å²) in [6.07, 6.45) is 3.86. The van der Waals surface area contributed by atoms with Crippen LogP contribution in [0.1, 0.15) is 47.0 Å². The normalized spacial score (nSPS) is 14.9. The molecule has 3 heteroatoms. The lowest BCUT2D eigenvalue weighted by Crippen LogP contribution is -2.41. The van der Waals surface area contributed by atoms with Gasteiger partial charge in [-0.2, -0.15) is 0 Å². The van der Waals surface area contributed by atoms with Gasteiger partial charge in [-0.3, -0.25) is 0 Å². The van der Waals surface area contributed by atoms with Gasteiger partial charge in [0.1, 0.15) is 6.29 Å². The topological polar surface area (TPSA) is 26.3 Å². The number of aldehydes is 1. The van der Waals surface area contributed by atoms with E-state index in [2.05, 4.69) is 40.8 Å². The Kier molecular flexibility index (Phi) is 6.49. The summed E-state index contributed by atoms with van der Waals surface area (Å²) >= 11 is 0. The van der Waals surface area contributed by atoms with E-state index in [0.29, 0.717) is 17.4 Å². The fraction of sp³-hybridized carbons (Fsp3) is 0.923. The van der Waals surface area contributed by atoms with Crippen LogP contribution in [0.25, 0.3) is 0 Å². The summed E-state index contributed by atoms with van der Waals surface area (Å²) in [6.45, 7) is 14.3. The molecule has 0 N–H and O–H groups in total. The molecule has 96 valence electrons. The van der Waals surface area contributed by atoms with E-state index >= 15 is 0 Å². The molecule has 0 fully saturated rings. The molecule has 16 heavy (non-hydrogen) atoms. The number of hydrogen-bond donors (Lipinski definition) is 0. The van der Waals surface area contributed by atoms with Gasteiger partial charge in [-0.25, -0.2) is 0 Å². The van der Waals surface area contributed by atoms with Gasteiger partial charge in [-0.1, -0.05) is 27.7 Å². The van der Waals surface area contributed by atoms with Gasteiger partial charge in [0.2, 0.25) is 0 Å². The Hall–Kier alpha value is -0.153. The molecule has 1 atom stereocenters. The van der Waals surface area contributed by atoms with Crippen molar-refractivity contribution in [3.63, 3.8) is 0 Å². The molecule has 0 aromatic heterocycles. The molecule has 0 aromatic rings. The average Bonchev–Trinajstić information content (AvgIpc) is 2.11. The van der Waals surface area contributed by atoms with E-state index in [1.165, 1.54) is 0 Å². The minimum Gasteiger partial charge on any atom is -0.417 e. The lowest BCUT2D eigenvalue weighted by Gasteiger charge is -2.36. The van der Waals surface area contributed by atoms with E-state index < -0.39 is 8.32 Å². The van der Waals surface area contributed by atoms with Gasteiger partial charge in [0.15, 0.2) is 8.32 Å². The summed E-state index contributed by atoms with van der Waals surface area (Å²) in [5, 5.41) is 0.293. The van der Waals surface area contributed by atoms with E-state index in [-0.39, 0.29) is 0 Å². The van der Waals surface area contributed by atoms with Crippen LogP contribution >= 0.6 is 0 Å². The van der Waals surface area contributed by atoms with E-state index in [1.54, 1.807) is 0 Å². The van der Waals surface area contributed by atoms with Crippen LogP contribution in [-0.2, 0) is 9.22 Å². The molecule has 0 bridgehead atoms. The standard InChI is InChI=1S/C13H28O2Si/c1-12(9-10-14)8-7-11-15-16(5,6)13(2,3)4/h10,12H,7-9,11H2,1-6H3. The third-order valence-electron chi connectivity index (χ3n) is 3.61. The monoisotopic (exact) mass is 244 g/mol. The summed E-state index contributed by atoms with van der Waals surface area (Å²) in [5.41, 5.74) is 0. The Balaban J connectivity index is 3.78. The molecule has 0 saturated heterocycles. The van der Waals surface area contributed by atoms with Crippen molar-refractivity contribution in [2.45, 2.75) is 65.1 Å². The number of rotatable bonds is 7. The van der Waals surface area contributed by atoms with Crippen molar-refractivity contribution < 1.29 is 9.22 Å². The molecule has 0 saturated carbocycles. The smallest absolute Gasteiger partial charge is 0.191 e. The van der Waals surface area contributed by atoms with Crippen molar-refractivity contribution in [2.24, 2.45) is 5.92 Å². The molecule has 0 aromatic carbocycles. The Bertz CT molecular complexity index is 206. The highest BCUT2D eigenvalue weighted by molar-refractivity contribution is 6.74. The lowest BCUT2D eigenvalue weighted by molar-refractivity contribution is -0.108. The molecule has 0 radical (unpaired) electrons. The van der Waals surface area contributed by atoms with Gasteiger partial charge in [-0.05, 0) is 36.9 Å². The van der Waals surface area contributed by atoms with Crippen molar-refractivity contribution in [1.82, 2.24) is 0 Å². The van der Waals surface area contributed by atoms with Crippen molar-refractivity contribution in [1.29, 1.82) is 0 Å². The van der Waals surface area contributed by atoms with Crippen LogP contribution < -0.4 is 0 Å². The molecule has 0 aliphatic carbocycles. The summed E-state index contributed by atoms with van der Waals surface area (Å²) in [5.74, 6) is 0.500. The molecule has 0 aliphatic rings. The zero-order chi connectivity index (χ0) is 12.8. The minimum atomic E-state index is -1.56. The van der Waals surface area contributed by atoms with Crippen molar-refractivity contribution in [3.8, 4) is 0 Å². The third-order valence-corrected chi connectivity index (χ3v) is 8.15. The Morgan fingerprint density at radius 3 is 2.31 bits per heavy atom. The quantitative estimate of drug-likeness (QED) is 0.384. The highest BCUT2D eigenvalue weighted by atomic mass is 28.4. The second kappa shape index (κ2) is 6.55. The highest BCUT2D eigenvalue weighted by Crippen LogP contribution is 2.36. The summed E-state index contributed by atoms with van der Waals surface area (Å²) in [6, 6.07) is 0. The Morgan fingerprint density at radius 2 is 1.88 bits per heavy atom. The molecule has 0 heterocycles. The predicted octanol–water partition coefficient (Wildman–Crippen LogP) is 4.01. The van der Waals surface area contributed by atoms with Crippen LogP contribution in [0.3, 0.4) is 0 Å². The zero-order valence-corrected chi connectivity index (χ0v) is 12.8. The maximum absolute atomic E-state index is 10.3. The first kappa shape index (κ1) is 15.8. The second-order valence-corrected chi connectivity index (χ2v) is 11.1. The molecule has 1 unspecified atom stereocenters. The second-order valence-electron chi connectivity index (χ2n) is 6.26. The molecule has 0 rings (SSSR count).